The van der Waals surface area contributed by atoms with E-state index < -0.39 is 0 Å². The predicted molar refractivity (Wildman–Crippen MR) is 136 cm³/mol. The van der Waals surface area contributed by atoms with Gasteiger partial charge in [0, 0.05) is 38.4 Å². The van der Waals surface area contributed by atoms with Gasteiger partial charge in [0.25, 0.3) is 0 Å². The molecule has 1 atom stereocenters. The molecule has 1 aliphatic rings. The minimum absolute atomic E-state index is 0. The number of aliphatic imine (C=N–C) groups is 1. The molecule has 1 aliphatic carbocycles. The number of halogens is 1. The summed E-state index contributed by atoms with van der Waals surface area (Å²) in [7, 11) is 1.77. The molecule has 0 bridgehead atoms. The van der Waals surface area contributed by atoms with Gasteiger partial charge in [-0.25, -0.2) is 4.99 Å². The van der Waals surface area contributed by atoms with E-state index in [0.717, 1.165) is 49.7 Å². The van der Waals surface area contributed by atoms with E-state index in [1.165, 1.54) is 19.3 Å². The summed E-state index contributed by atoms with van der Waals surface area (Å²) in [5.74, 6) is 0.911. The van der Waals surface area contributed by atoms with E-state index in [4.69, 9.17) is 9.73 Å². The lowest BCUT2D eigenvalue weighted by molar-refractivity contribution is -0.119. The SMILES string of the molecule is CCNC(=NCc1cccc(NC(=O)C(C)CC)c1)NCC1(CCOC)CCC1.I. The molecular weight excluding hydrogens is 491 g/mol. The number of hydrogen-bond acceptors (Lipinski definition) is 3. The molecule has 6 nitrogen and oxygen atoms in total. The zero-order valence-electron chi connectivity index (χ0n) is 18.9. The molecule has 1 saturated carbocycles. The van der Waals surface area contributed by atoms with Crippen LogP contribution < -0.4 is 16.0 Å². The molecule has 1 aromatic carbocycles. The highest BCUT2D eigenvalue weighted by atomic mass is 127. The minimum atomic E-state index is 0. The number of nitrogens with zero attached hydrogens (tertiary/aromatic N) is 1. The van der Waals surface area contributed by atoms with Crippen molar-refractivity contribution in [2.75, 3.05) is 32.1 Å². The van der Waals surface area contributed by atoms with Crippen molar-refractivity contribution in [3.8, 4) is 0 Å². The number of carbonyl (C=O) groups excluding carboxylic acids is 1. The summed E-state index contributed by atoms with van der Waals surface area (Å²) in [5.41, 5.74) is 2.24. The van der Waals surface area contributed by atoms with Crippen LogP contribution in [0.25, 0.3) is 0 Å². The van der Waals surface area contributed by atoms with E-state index in [2.05, 4.69) is 22.9 Å². The molecular formula is C23H39IN4O2. The van der Waals surface area contributed by atoms with Crippen molar-refractivity contribution in [3.05, 3.63) is 29.8 Å². The van der Waals surface area contributed by atoms with Crippen LogP contribution in [0.5, 0.6) is 0 Å². The van der Waals surface area contributed by atoms with Crippen LogP contribution in [-0.2, 0) is 16.1 Å². The third-order valence-electron chi connectivity index (χ3n) is 5.90. The maximum Gasteiger partial charge on any atom is 0.227 e. The summed E-state index contributed by atoms with van der Waals surface area (Å²) in [4.78, 5) is 16.9. The van der Waals surface area contributed by atoms with Gasteiger partial charge in [0.2, 0.25) is 5.91 Å². The first kappa shape index (κ1) is 26.7. The number of methoxy groups -OCH3 is 1. The van der Waals surface area contributed by atoms with Crippen LogP contribution in [0.4, 0.5) is 5.69 Å². The molecule has 1 unspecified atom stereocenters. The first-order valence-electron chi connectivity index (χ1n) is 10.9. The second kappa shape index (κ2) is 13.9. The van der Waals surface area contributed by atoms with Crippen molar-refractivity contribution >= 4 is 41.5 Å². The summed E-state index contributed by atoms with van der Waals surface area (Å²) in [5, 5.41) is 9.86. The molecule has 0 aromatic heterocycles. The second-order valence-corrected chi connectivity index (χ2v) is 8.14. The van der Waals surface area contributed by atoms with Crippen LogP contribution in [0, 0.1) is 11.3 Å². The number of carbonyl (C=O) groups is 1. The van der Waals surface area contributed by atoms with Crippen LogP contribution in [0.1, 0.15) is 58.4 Å². The second-order valence-electron chi connectivity index (χ2n) is 8.14. The number of rotatable bonds is 11. The quantitative estimate of drug-likeness (QED) is 0.223. The van der Waals surface area contributed by atoms with Gasteiger partial charge in [0.05, 0.1) is 6.54 Å². The van der Waals surface area contributed by atoms with Crippen LogP contribution >= 0.6 is 24.0 Å². The summed E-state index contributed by atoms with van der Waals surface area (Å²) in [6.07, 6.45) is 5.73. The number of ether oxygens (including phenoxy) is 1. The Bertz CT molecular complexity index is 677. The lowest BCUT2D eigenvalue weighted by Crippen LogP contribution is -2.46. The molecule has 2 rings (SSSR count). The Kier molecular flexibility index (Phi) is 12.3. The fraction of sp³-hybridized carbons (Fsp3) is 0.652. The summed E-state index contributed by atoms with van der Waals surface area (Å²) >= 11 is 0. The van der Waals surface area contributed by atoms with E-state index in [-0.39, 0.29) is 35.8 Å². The van der Waals surface area contributed by atoms with E-state index in [0.29, 0.717) is 12.0 Å². The van der Waals surface area contributed by atoms with Crippen molar-refractivity contribution in [2.45, 2.75) is 59.4 Å². The monoisotopic (exact) mass is 530 g/mol. The molecule has 170 valence electrons. The topological polar surface area (TPSA) is 74.8 Å². The van der Waals surface area contributed by atoms with Gasteiger partial charge in [0.1, 0.15) is 0 Å². The van der Waals surface area contributed by atoms with Crippen molar-refractivity contribution < 1.29 is 9.53 Å². The summed E-state index contributed by atoms with van der Waals surface area (Å²) in [6, 6.07) is 7.93. The van der Waals surface area contributed by atoms with Gasteiger partial charge in [0.15, 0.2) is 5.96 Å². The molecule has 3 N–H and O–H groups in total. The van der Waals surface area contributed by atoms with Gasteiger partial charge in [-0.05, 0) is 55.7 Å². The Hall–Kier alpha value is -1.35. The van der Waals surface area contributed by atoms with E-state index in [1.54, 1.807) is 7.11 Å². The zero-order valence-corrected chi connectivity index (χ0v) is 21.3. The van der Waals surface area contributed by atoms with E-state index in [1.807, 2.05) is 38.1 Å². The molecule has 30 heavy (non-hydrogen) atoms. The maximum atomic E-state index is 12.1. The molecule has 0 aliphatic heterocycles. The van der Waals surface area contributed by atoms with Crippen molar-refractivity contribution in [2.24, 2.45) is 16.3 Å². The van der Waals surface area contributed by atoms with Crippen molar-refractivity contribution in [1.82, 2.24) is 10.6 Å². The summed E-state index contributed by atoms with van der Waals surface area (Å²) < 4.78 is 5.29. The fourth-order valence-corrected chi connectivity index (χ4v) is 3.49. The highest BCUT2D eigenvalue weighted by molar-refractivity contribution is 14.0. The van der Waals surface area contributed by atoms with Crippen LogP contribution in [0.2, 0.25) is 0 Å². The van der Waals surface area contributed by atoms with Gasteiger partial charge in [-0.2, -0.15) is 0 Å². The number of hydrogen-bond donors (Lipinski definition) is 3. The zero-order chi connectivity index (χ0) is 21.1. The van der Waals surface area contributed by atoms with Gasteiger partial charge >= 0.3 is 0 Å². The standard InChI is InChI=1S/C23H38N4O2.HI/c1-5-18(3)21(28)27-20-10-7-9-19(15-20)16-25-22(24-6-2)26-17-23(11-8-12-23)13-14-29-4;/h7,9-10,15,18H,5-6,8,11-14,16-17H2,1-4H3,(H,27,28)(H2,24,25,26);1H. The lowest BCUT2D eigenvalue weighted by atomic mass is 9.67. The average Bonchev–Trinajstić information content (AvgIpc) is 2.70. The highest BCUT2D eigenvalue weighted by Gasteiger charge is 2.36. The van der Waals surface area contributed by atoms with Gasteiger partial charge in [-0.15, -0.1) is 24.0 Å². The Balaban J connectivity index is 0.00000450. The van der Waals surface area contributed by atoms with Crippen molar-refractivity contribution in [1.29, 1.82) is 0 Å². The number of anilines is 1. The van der Waals surface area contributed by atoms with Crippen LogP contribution in [0.15, 0.2) is 29.3 Å². The molecule has 7 heteroatoms. The maximum absolute atomic E-state index is 12.1. The minimum Gasteiger partial charge on any atom is -0.385 e. The Morgan fingerprint density at radius 3 is 2.63 bits per heavy atom. The highest BCUT2D eigenvalue weighted by Crippen LogP contribution is 2.43. The first-order valence-corrected chi connectivity index (χ1v) is 10.9. The van der Waals surface area contributed by atoms with Gasteiger partial charge < -0.3 is 20.7 Å². The molecule has 0 heterocycles. The van der Waals surface area contributed by atoms with Crippen molar-refractivity contribution in [3.63, 3.8) is 0 Å². The third kappa shape index (κ3) is 8.41. The predicted octanol–water partition coefficient (Wildman–Crippen LogP) is 4.55. The molecule has 0 spiro atoms. The Morgan fingerprint density at radius 2 is 2.03 bits per heavy atom. The van der Waals surface area contributed by atoms with Gasteiger partial charge in [-0.3, -0.25) is 4.79 Å². The molecule has 1 fully saturated rings. The third-order valence-corrected chi connectivity index (χ3v) is 5.90. The first-order chi connectivity index (χ1) is 14.0. The number of guanidine groups is 1. The Morgan fingerprint density at radius 1 is 1.27 bits per heavy atom. The normalized spacial score (nSPS) is 16.1. The van der Waals surface area contributed by atoms with Gasteiger partial charge in [-0.1, -0.05) is 32.4 Å². The largest absolute Gasteiger partial charge is 0.385 e. The Labute approximate surface area is 199 Å². The van der Waals surface area contributed by atoms with Crippen LogP contribution in [-0.4, -0.2) is 38.7 Å². The molecule has 0 saturated heterocycles. The number of amides is 1. The molecule has 1 aromatic rings. The molecule has 1 amide bonds. The fourth-order valence-electron chi connectivity index (χ4n) is 3.49. The lowest BCUT2D eigenvalue weighted by Gasteiger charge is -2.42. The summed E-state index contributed by atoms with van der Waals surface area (Å²) in [6.45, 7) is 9.16. The molecule has 0 radical (unpaired) electrons. The number of nitrogens with one attached hydrogen (secondary N) is 3. The van der Waals surface area contributed by atoms with Crippen LogP contribution in [0.3, 0.4) is 0 Å². The average molecular weight is 530 g/mol. The van der Waals surface area contributed by atoms with E-state index in [9.17, 15) is 4.79 Å². The van der Waals surface area contributed by atoms with E-state index >= 15 is 0 Å². The smallest absolute Gasteiger partial charge is 0.227 e. The number of benzene rings is 1.